The Bertz CT molecular complexity index is 656. The number of hydrogen-bond acceptors (Lipinski definition) is 2. The van der Waals surface area contributed by atoms with Gasteiger partial charge in [-0.1, -0.05) is 35.9 Å². The molecule has 122 valence electrons. The Morgan fingerprint density at radius 3 is 2.04 bits per heavy atom. The molecule has 0 aromatic heterocycles. The van der Waals surface area contributed by atoms with Crippen molar-refractivity contribution >= 4 is 5.91 Å². The second-order valence-corrected chi connectivity index (χ2v) is 6.22. The first-order valence-corrected chi connectivity index (χ1v) is 7.97. The number of carbonyl (C=O) groups is 1. The highest BCUT2D eigenvalue weighted by Crippen LogP contribution is 2.18. The van der Waals surface area contributed by atoms with Crippen LogP contribution in [0.15, 0.2) is 42.5 Å². The van der Waals surface area contributed by atoms with Crippen LogP contribution in [-0.2, 0) is 4.79 Å². The van der Waals surface area contributed by atoms with Gasteiger partial charge in [0.1, 0.15) is 5.75 Å². The number of amides is 1. The highest BCUT2D eigenvalue weighted by Gasteiger charge is 2.17. The Labute approximate surface area is 138 Å². The number of rotatable bonds is 5. The molecule has 0 aliphatic carbocycles. The fourth-order valence-electron chi connectivity index (χ4n) is 2.53. The molecule has 23 heavy (non-hydrogen) atoms. The van der Waals surface area contributed by atoms with Crippen molar-refractivity contribution in [1.82, 2.24) is 5.32 Å². The summed E-state index contributed by atoms with van der Waals surface area (Å²) in [5.41, 5.74) is 4.54. The van der Waals surface area contributed by atoms with Crippen LogP contribution in [0.3, 0.4) is 0 Å². The van der Waals surface area contributed by atoms with E-state index in [4.69, 9.17) is 4.74 Å². The third kappa shape index (κ3) is 4.85. The van der Waals surface area contributed by atoms with Gasteiger partial charge in [-0.2, -0.15) is 0 Å². The first-order chi connectivity index (χ1) is 10.8. The van der Waals surface area contributed by atoms with E-state index in [0.29, 0.717) is 0 Å². The maximum atomic E-state index is 12.3. The molecule has 0 bridgehead atoms. The fourth-order valence-corrected chi connectivity index (χ4v) is 2.53. The Kier molecular flexibility index (Phi) is 5.43. The van der Waals surface area contributed by atoms with E-state index in [1.54, 1.807) is 6.92 Å². The summed E-state index contributed by atoms with van der Waals surface area (Å²) in [5, 5.41) is 3.00. The highest BCUT2D eigenvalue weighted by molar-refractivity contribution is 5.81. The number of aryl methyl sites for hydroxylation is 3. The van der Waals surface area contributed by atoms with Crippen LogP contribution in [0.25, 0.3) is 0 Å². The second kappa shape index (κ2) is 7.32. The molecule has 2 atom stereocenters. The Morgan fingerprint density at radius 1 is 0.913 bits per heavy atom. The molecule has 2 aromatic carbocycles. The highest BCUT2D eigenvalue weighted by atomic mass is 16.5. The van der Waals surface area contributed by atoms with Gasteiger partial charge < -0.3 is 10.1 Å². The molecular weight excluding hydrogens is 286 g/mol. The SMILES string of the molecule is Cc1ccc(C(C)NC(=O)C(C)Oc2cc(C)cc(C)c2)cc1. The van der Waals surface area contributed by atoms with E-state index < -0.39 is 6.10 Å². The molecule has 2 rings (SSSR count). The van der Waals surface area contributed by atoms with E-state index in [2.05, 4.69) is 11.4 Å². The molecule has 2 unspecified atom stereocenters. The van der Waals surface area contributed by atoms with Crippen molar-refractivity contribution in [3.63, 3.8) is 0 Å². The minimum absolute atomic E-state index is 0.0478. The summed E-state index contributed by atoms with van der Waals surface area (Å²) in [7, 11) is 0. The van der Waals surface area contributed by atoms with Crippen molar-refractivity contribution in [3.05, 3.63) is 64.7 Å². The van der Waals surface area contributed by atoms with Gasteiger partial charge in [0, 0.05) is 0 Å². The van der Waals surface area contributed by atoms with Crippen LogP contribution in [-0.4, -0.2) is 12.0 Å². The largest absolute Gasteiger partial charge is 0.481 e. The quantitative estimate of drug-likeness (QED) is 0.896. The summed E-state index contributed by atoms with van der Waals surface area (Å²) in [5.74, 6) is 0.616. The van der Waals surface area contributed by atoms with E-state index in [0.717, 1.165) is 22.4 Å². The lowest BCUT2D eigenvalue weighted by molar-refractivity contribution is -0.127. The van der Waals surface area contributed by atoms with Gasteiger partial charge in [0.05, 0.1) is 6.04 Å². The normalized spacial score (nSPS) is 13.3. The molecule has 1 N–H and O–H groups in total. The zero-order chi connectivity index (χ0) is 17.0. The number of ether oxygens (including phenoxy) is 1. The number of nitrogens with one attached hydrogen (secondary N) is 1. The van der Waals surface area contributed by atoms with Gasteiger partial charge in [-0.05, 0) is 63.4 Å². The number of hydrogen-bond donors (Lipinski definition) is 1. The Morgan fingerprint density at radius 2 is 1.48 bits per heavy atom. The molecule has 2 aromatic rings. The Hall–Kier alpha value is -2.29. The van der Waals surface area contributed by atoms with Crippen LogP contribution in [0.1, 0.15) is 42.1 Å². The molecule has 0 saturated carbocycles. The molecular formula is C20H25NO2. The lowest BCUT2D eigenvalue weighted by Gasteiger charge is -2.19. The lowest BCUT2D eigenvalue weighted by atomic mass is 10.1. The van der Waals surface area contributed by atoms with Crippen LogP contribution in [0.5, 0.6) is 5.75 Å². The van der Waals surface area contributed by atoms with E-state index in [1.165, 1.54) is 5.56 Å². The van der Waals surface area contributed by atoms with Crippen molar-refractivity contribution < 1.29 is 9.53 Å². The van der Waals surface area contributed by atoms with Gasteiger partial charge in [0.25, 0.3) is 5.91 Å². The molecule has 0 spiro atoms. The van der Waals surface area contributed by atoms with Gasteiger partial charge in [-0.3, -0.25) is 4.79 Å². The van der Waals surface area contributed by atoms with Crippen LogP contribution < -0.4 is 10.1 Å². The van der Waals surface area contributed by atoms with E-state index in [9.17, 15) is 4.79 Å². The van der Waals surface area contributed by atoms with Gasteiger partial charge in [0.2, 0.25) is 0 Å². The predicted octanol–water partition coefficient (Wildman–Crippen LogP) is 4.26. The molecule has 3 nitrogen and oxygen atoms in total. The van der Waals surface area contributed by atoms with Gasteiger partial charge in [0.15, 0.2) is 6.10 Å². The van der Waals surface area contributed by atoms with Gasteiger partial charge in [-0.15, -0.1) is 0 Å². The average Bonchev–Trinajstić information content (AvgIpc) is 2.46. The smallest absolute Gasteiger partial charge is 0.261 e. The summed E-state index contributed by atoms with van der Waals surface area (Å²) in [4.78, 5) is 12.3. The molecule has 0 heterocycles. The lowest BCUT2D eigenvalue weighted by Crippen LogP contribution is -2.37. The van der Waals surface area contributed by atoms with E-state index in [-0.39, 0.29) is 11.9 Å². The molecule has 0 radical (unpaired) electrons. The average molecular weight is 311 g/mol. The van der Waals surface area contributed by atoms with Crippen LogP contribution in [0.2, 0.25) is 0 Å². The van der Waals surface area contributed by atoms with Crippen LogP contribution in [0.4, 0.5) is 0 Å². The monoisotopic (exact) mass is 311 g/mol. The molecule has 0 aliphatic rings. The fraction of sp³-hybridized carbons (Fsp3) is 0.350. The van der Waals surface area contributed by atoms with E-state index >= 15 is 0 Å². The summed E-state index contributed by atoms with van der Waals surface area (Å²) in [6.45, 7) is 9.84. The van der Waals surface area contributed by atoms with Crippen molar-refractivity contribution in [2.75, 3.05) is 0 Å². The van der Waals surface area contributed by atoms with Crippen LogP contribution in [0, 0.1) is 20.8 Å². The third-order valence-electron chi connectivity index (χ3n) is 3.81. The molecule has 1 amide bonds. The van der Waals surface area contributed by atoms with Crippen molar-refractivity contribution in [2.45, 2.75) is 46.8 Å². The maximum Gasteiger partial charge on any atom is 0.261 e. The minimum Gasteiger partial charge on any atom is -0.481 e. The zero-order valence-corrected chi connectivity index (χ0v) is 14.5. The maximum absolute atomic E-state index is 12.3. The topological polar surface area (TPSA) is 38.3 Å². The van der Waals surface area contributed by atoms with Crippen LogP contribution >= 0.6 is 0 Å². The summed E-state index contributed by atoms with van der Waals surface area (Å²) in [6, 6.07) is 14.1. The standard InChI is InChI=1S/C20H25NO2/c1-13-6-8-18(9-7-13)16(4)21-20(22)17(5)23-19-11-14(2)10-15(3)12-19/h6-12,16-17H,1-5H3,(H,21,22). The predicted molar refractivity (Wildman–Crippen MR) is 93.7 cm³/mol. The molecule has 3 heteroatoms. The van der Waals surface area contributed by atoms with Gasteiger partial charge in [-0.25, -0.2) is 0 Å². The zero-order valence-electron chi connectivity index (χ0n) is 14.5. The van der Waals surface area contributed by atoms with Crippen molar-refractivity contribution in [1.29, 1.82) is 0 Å². The van der Waals surface area contributed by atoms with Crippen molar-refractivity contribution in [2.24, 2.45) is 0 Å². The molecule has 0 fully saturated rings. The number of benzene rings is 2. The van der Waals surface area contributed by atoms with Gasteiger partial charge >= 0.3 is 0 Å². The molecule has 0 aliphatic heterocycles. The van der Waals surface area contributed by atoms with E-state index in [1.807, 2.05) is 64.1 Å². The summed E-state index contributed by atoms with van der Waals surface area (Å²) >= 11 is 0. The summed E-state index contributed by atoms with van der Waals surface area (Å²) < 4.78 is 5.78. The first kappa shape index (κ1) is 17.1. The molecule has 0 saturated heterocycles. The minimum atomic E-state index is -0.538. The third-order valence-corrected chi connectivity index (χ3v) is 3.81. The summed E-state index contributed by atoms with van der Waals surface area (Å²) in [6.07, 6.45) is -0.538. The number of carbonyl (C=O) groups excluding carboxylic acids is 1. The second-order valence-electron chi connectivity index (χ2n) is 6.22. The Balaban J connectivity index is 1.97. The van der Waals surface area contributed by atoms with Crippen molar-refractivity contribution in [3.8, 4) is 5.75 Å². The first-order valence-electron chi connectivity index (χ1n) is 7.97.